The monoisotopic (exact) mass is 241 g/mol. The molecule has 4 nitrogen and oxygen atoms in total. The summed E-state index contributed by atoms with van der Waals surface area (Å²) in [6.45, 7) is 5.35. The second kappa shape index (κ2) is 5.19. The third-order valence-corrected chi connectivity index (χ3v) is 4.05. The molecular formula is C11H19N3OS. The summed E-state index contributed by atoms with van der Waals surface area (Å²) in [5, 5.41) is 7.46. The van der Waals surface area contributed by atoms with Gasteiger partial charge in [0.1, 0.15) is 0 Å². The van der Waals surface area contributed by atoms with Crippen molar-refractivity contribution in [3.8, 4) is 0 Å². The van der Waals surface area contributed by atoms with Gasteiger partial charge in [-0.25, -0.2) is 0 Å². The van der Waals surface area contributed by atoms with E-state index in [9.17, 15) is 0 Å². The SMILES string of the molecule is CCCSCc1noc(C2(C)CCCN2)n1. The molecule has 2 heterocycles. The maximum atomic E-state index is 5.35. The first-order valence-corrected chi connectivity index (χ1v) is 7.06. The maximum absolute atomic E-state index is 5.35. The van der Waals surface area contributed by atoms with Gasteiger partial charge in [0.15, 0.2) is 5.82 Å². The Morgan fingerprint density at radius 3 is 3.12 bits per heavy atom. The van der Waals surface area contributed by atoms with Gasteiger partial charge in [-0.05, 0) is 38.5 Å². The van der Waals surface area contributed by atoms with Gasteiger partial charge in [0, 0.05) is 0 Å². The van der Waals surface area contributed by atoms with E-state index in [1.807, 2.05) is 11.8 Å². The van der Waals surface area contributed by atoms with Gasteiger partial charge in [-0.2, -0.15) is 16.7 Å². The van der Waals surface area contributed by atoms with Gasteiger partial charge in [-0.15, -0.1) is 0 Å². The van der Waals surface area contributed by atoms with Crippen LogP contribution in [0.3, 0.4) is 0 Å². The summed E-state index contributed by atoms with van der Waals surface area (Å²) >= 11 is 1.86. The number of rotatable bonds is 5. The molecule has 1 aliphatic rings. The topological polar surface area (TPSA) is 51.0 Å². The minimum Gasteiger partial charge on any atom is -0.337 e. The van der Waals surface area contributed by atoms with E-state index in [4.69, 9.17) is 4.52 Å². The number of hydrogen-bond acceptors (Lipinski definition) is 5. The van der Waals surface area contributed by atoms with Crippen LogP contribution in [0.5, 0.6) is 0 Å². The van der Waals surface area contributed by atoms with Crippen molar-refractivity contribution in [3.05, 3.63) is 11.7 Å². The zero-order valence-corrected chi connectivity index (χ0v) is 10.8. The average molecular weight is 241 g/mol. The van der Waals surface area contributed by atoms with Crippen molar-refractivity contribution in [2.75, 3.05) is 12.3 Å². The second-order valence-corrected chi connectivity index (χ2v) is 5.54. The van der Waals surface area contributed by atoms with Crippen molar-refractivity contribution in [1.29, 1.82) is 0 Å². The van der Waals surface area contributed by atoms with E-state index in [1.165, 1.54) is 12.8 Å². The largest absolute Gasteiger partial charge is 0.337 e. The van der Waals surface area contributed by atoms with E-state index in [1.54, 1.807) is 0 Å². The van der Waals surface area contributed by atoms with Crippen molar-refractivity contribution in [2.45, 2.75) is 44.4 Å². The predicted octanol–water partition coefficient (Wildman–Crippen LogP) is 2.31. The fraction of sp³-hybridized carbons (Fsp3) is 0.818. The molecule has 1 aromatic heterocycles. The van der Waals surface area contributed by atoms with Crippen LogP contribution < -0.4 is 5.32 Å². The van der Waals surface area contributed by atoms with E-state index in [0.717, 1.165) is 36.2 Å². The zero-order valence-electron chi connectivity index (χ0n) is 9.95. The van der Waals surface area contributed by atoms with Gasteiger partial charge in [0.05, 0.1) is 11.3 Å². The summed E-state index contributed by atoms with van der Waals surface area (Å²) in [6, 6.07) is 0. The Hall–Kier alpha value is -0.550. The maximum Gasteiger partial charge on any atom is 0.246 e. The average Bonchev–Trinajstić information content (AvgIpc) is 2.88. The van der Waals surface area contributed by atoms with Gasteiger partial charge in [-0.1, -0.05) is 12.1 Å². The number of aromatic nitrogens is 2. The van der Waals surface area contributed by atoms with Gasteiger partial charge in [0.2, 0.25) is 5.89 Å². The van der Waals surface area contributed by atoms with Crippen LogP contribution in [-0.2, 0) is 11.3 Å². The molecule has 1 aliphatic heterocycles. The number of thioether (sulfide) groups is 1. The molecule has 0 bridgehead atoms. The van der Waals surface area contributed by atoms with E-state index in [0.29, 0.717) is 0 Å². The van der Waals surface area contributed by atoms with Gasteiger partial charge < -0.3 is 9.84 Å². The lowest BCUT2D eigenvalue weighted by molar-refractivity contribution is 0.274. The highest BCUT2D eigenvalue weighted by Gasteiger charge is 2.35. The summed E-state index contributed by atoms with van der Waals surface area (Å²) in [4.78, 5) is 4.47. The first-order valence-electron chi connectivity index (χ1n) is 5.90. The highest BCUT2D eigenvalue weighted by molar-refractivity contribution is 7.98. The lowest BCUT2D eigenvalue weighted by Gasteiger charge is -2.18. The van der Waals surface area contributed by atoms with Crippen molar-refractivity contribution in [3.63, 3.8) is 0 Å². The Morgan fingerprint density at radius 2 is 2.44 bits per heavy atom. The van der Waals surface area contributed by atoms with E-state index in [-0.39, 0.29) is 5.54 Å². The number of hydrogen-bond donors (Lipinski definition) is 1. The summed E-state index contributed by atoms with van der Waals surface area (Å²) in [5.74, 6) is 3.58. The highest BCUT2D eigenvalue weighted by atomic mass is 32.2. The molecule has 0 amide bonds. The molecule has 0 saturated carbocycles. The molecule has 0 spiro atoms. The van der Waals surface area contributed by atoms with Crippen LogP contribution in [0, 0.1) is 0 Å². The van der Waals surface area contributed by atoms with Crippen LogP contribution in [0.1, 0.15) is 44.8 Å². The molecular weight excluding hydrogens is 222 g/mol. The van der Waals surface area contributed by atoms with Gasteiger partial charge in [0.25, 0.3) is 0 Å². The minimum absolute atomic E-state index is 0.0966. The minimum atomic E-state index is -0.0966. The third kappa shape index (κ3) is 2.58. The van der Waals surface area contributed by atoms with E-state index >= 15 is 0 Å². The van der Waals surface area contributed by atoms with Crippen LogP contribution in [0.15, 0.2) is 4.52 Å². The summed E-state index contributed by atoms with van der Waals surface area (Å²) < 4.78 is 5.35. The molecule has 1 aromatic rings. The first kappa shape index (κ1) is 11.9. The lowest BCUT2D eigenvalue weighted by Crippen LogP contribution is -2.33. The Balaban J connectivity index is 1.96. The molecule has 1 saturated heterocycles. The molecule has 1 fully saturated rings. The molecule has 90 valence electrons. The molecule has 1 N–H and O–H groups in total. The van der Waals surface area contributed by atoms with Crippen molar-refractivity contribution < 1.29 is 4.52 Å². The summed E-state index contributed by atoms with van der Waals surface area (Å²) in [6.07, 6.45) is 3.45. The van der Waals surface area contributed by atoms with Crippen LogP contribution in [0.25, 0.3) is 0 Å². The molecule has 0 aromatic carbocycles. The number of nitrogens with zero attached hydrogens (tertiary/aromatic N) is 2. The molecule has 0 aliphatic carbocycles. The van der Waals surface area contributed by atoms with E-state index in [2.05, 4.69) is 29.3 Å². The number of nitrogens with one attached hydrogen (secondary N) is 1. The molecule has 16 heavy (non-hydrogen) atoms. The van der Waals surface area contributed by atoms with Crippen LogP contribution in [-0.4, -0.2) is 22.4 Å². The highest BCUT2D eigenvalue weighted by Crippen LogP contribution is 2.29. The predicted molar refractivity (Wildman–Crippen MR) is 65.3 cm³/mol. The quantitative estimate of drug-likeness (QED) is 0.802. The smallest absolute Gasteiger partial charge is 0.246 e. The van der Waals surface area contributed by atoms with Crippen LogP contribution in [0.4, 0.5) is 0 Å². The zero-order chi connectivity index (χ0) is 11.4. The Kier molecular flexibility index (Phi) is 3.86. The van der Waals surface area contributed by atoms with Crippen molar-refractivity contribution in [2.24, 2.45) is 0 Å². The fourth-order valence-corrected chi connectivity index (χ4v) is 2.65. The lowest BCUT2D eigenvalue weighted by atomic mass is 10.0. The molecule has 1 atom stereocenters. The summed E-state index contributed by atoms with van der Waals surface area (Å²) in [5.41, 5.74) is -0.0966. The molecule has 2 rings (SSSR count). The first-order chi connectivity index (χ1) is 7.74. The molecule has 1 unspecified atom stereocenters. The van der Waals surface area contributed by atoms with Crippen molar-refractivity contribution in [1.82, 2.24) is 15.5 Å². The van der Waals surface area contributed by atoms with Gasteiger partial charge in [-0.3, -0.25) is 0 Å². The van der Waals surface area contributed by atoms with Crippen LogP contribution >= 0.6 is 11.8 Å². The Morgan fingerprint density at radius 1 is 1.56 bits per heavy atom. The Bertz CT molecular complexity index is 334. The standard InChI is InChI=1S/C11H19N3OS/c1-3-7-16-8-9-13-10(15-14-9)11(2)5-4-6-12-11/h12H,3-8H2,1-2H3. The Labute approximate surface area is 101 Å². The van der Waals surface area contributed by atoms with Crippen molar-refractivity contribution >= 4 is 11.8 Å². The third-order valence-electron chi connectivity index (χ3n) is 2.89. The molecule has 5 heteroatoms. The second-order valence-electron chi connectivity index (χ2n) is 4.43. The van der Waals surface area contributed by atoms with Crippen LogP contribution in [0.2, 0.25) is 0 Å². The normalized spacial score (nSPS) is 25.1. The summed E-state index contributed by atoms with van der Waals surface area (Å²) in [7, 11) is 0. The van der Waals surface area contributed by atoms with Gasteiger partial charge >= 0.3 is 0 Å². The molecule has 0 radical (unpaired) electrons. The fourth-order valence-electron chi connectivity index (χ4n) is 1.92. The van der Waals surface area contributed by atoms with E-state index < -0.39 is 0 Å².